The predicted molar refractivity (Wildman–Crippen MR) is 85.0 cm³/mol. The van der Waals surface area contributed by atoms with E-state index < -0.39 is 5.54 Å². The van der Waals surface area contributed by atoms with E-state index in [-0.39, 0.29) is 5.97 Å². The molecule has 0 heterocycles. The molecule has 0 rings (SSSR count). The number of carbonyl (C=O) groups is 1. The van der Waals surface area contributed by atoms with E-state index in [1.807, 2.05) is 20.8 Å². The van der Waals surface area contributed by atoms with E-state index in [0.717, 1.165) is 39.0 Å². The Hall–Kier alpha value is -0.610. The lowest BCUT2D eigenvalue weighted by atomic mass is 9.95. The van der Waals surface area contributed by atoms with Crippen LogP contribution < -0.4 is 5.32 Å². The third kappa shape index (κ3) is 7.25. The predicted octanol–water partition coefficient (Wildman–Crippen LogP) is 2.82. The number of carbonyl (C=O) groups excluding carboxylic acids is 1. The van der Waals surface area contributed by atoms with Gasteiger partial charge in [0.2, 0.25) is 0 Å². The molecule has 1 unspecified atom stereocenters. The highest BCUT2D eigenvalue weighted by Gasteiger charge is 2.33. The van der Waals surface area contributed by atoms with Gasteiger partial charge in [0.1, 0.15) is 5.54 Å². The van der Waals surface area contributed by atoms with Crippen LogP contribution in [0.4, 0.5) is 0 Å². The minimum atomic E-state index is -0.547. The Kier molecular flexibility index (Phi) is 10.8. The molecule has 0 aromatic heterocycles. The molecule has 0 radical (unpaired) electrons. The van der Waals surface area contributed by atoms with Crippen molar-refractivity contribution in [3.63, 3.8) is 0 Å². The van der Waals surface area contributed by atoms with Crippen LogP contribution in [0.3, 0.4) is 0 Å². The van der Waals surface area contributed by atoms with Crippen molar-refractivity contribution in [3.8, 4) is 0 Å². The summed E-state index contributed by atoms with van der Waals surface area (Å²) < 4.78 is 5.20. The van der Waals surface area contributed by atoms with E-state index in [4.69, 9.17) is 4.74 Å². The first-order valence-electron chi connectivity index (χ1n) is 8.18. The maximum absolute atomic E-state index is 12.1. The van der Waals surface area contributed by atoms with Crippen molar-refractivity contribution in [2.75, 3.05) is 32.8 Å². The average Bonchev–Trinajstić information content (AvgIpc) is 2.39. The number of esters is 1. The lowest BCUT2D eigenvalue weighted by Gasteiger charge is -2.29. The Morgan fingerprint density at radius 2 is 1.70 bits per heavy atom. The average molecular weight is 286 g/mol. The van der Waals surface area contributed by atoms with Crippen molar-refractivity contribution < 1.29 is 9.53 Å². The van der Waals surface area contributed by atoms with E-state index in [1.165, 1.54) is 12.8 Å². The third-order valence-corrected chi connectivity index (χ3v) is 3.52. The first-order chi connectivity index (χ1) is 9.53. The largest absolute Gasteiger partial charge is 0.465 e. The second-order valence-corrected chi connectivity index (χ2v) is 5.53. The van der Waals surface area contributed by atoms with Crippen LogP contribution in [0.1, 0.15) is 60.3 Å². The van der Waals surface area contributed by atoms with Crippen LogP contribution in [0.25, 0.3) is 0 Å². The number of nitrogens with one attached hydrogen (secondary N) is 1. The topological polar surface area (TPSA) is 41.6 Å². The van der Waals surface area contributed by atoms with E-state index in [0.29, 0.717) is 6.61 Å². The molecule has 0 fully saturated rings. The Morgan fingerprint density at radius 3 is 2.15 bits per heavy atom. The Morgan fingerprint density at radius 1 is 1.10 bits per heavy atom. The summed E-state index contributed by atoms with van der Waals surface area (Å²) in [5.74, 6) is -0.126. The first kappa shape index (κ1) is 19.4. The number of ether oxygens (including phenoxy) is 1. The van der Waals surface area contributed by atoms with Crippen LogP contribution >= 0.6 is 0 Å². The van der Waals surface area contributed by atoms with Gasteiger partial charge in [0, 0.05) is 0 Å². The number of rotatable bonds is 12. The van der Waals surface area contributed by atoms with Crippen LogP contribution in [0, 0.1) is 0 Å². The summed E-state index contributed by atoms with van der Waals surface area (Å²) in [5, 5.41) is 3.29. The van der Waals surface area contributed by atoms with Crippen molar-refractivity contribution in [3.05, 3.63) is 0 Å². The number of hydrogen-bond acceptors (Lipinski definition) is 4. The van der Waals surface area contributed by atoms with Gasteiger partial charge in [-0.1, -0.05) is 20.8 Å². The molecule has 0 saturated heterocycles. The summed E-state index contributed by atoms with van der Waals surface area (Å²) in [7, 11) is 0. The minimum absolute atomic E-state index is 0.126. The molecular weight excluding hydrogens is 252 g/mol. The molecule has 0 amide bonds. The number of likely N-dealkylation sites (N-methyl/N-ethyl adjacent to an activating group) is 1. The van der Waals surface area contributed by atoms with Gasteiger partial charge in [-0.25, -0.2) is 0 Å². The monoisotopic (exact) mass is 286 g/mol. The Bertz CT molecular complexity index is 253. The smallest absolute Gasteiger partial charge is 0.326 e. The molecule has 0 bridgehead atoms. The molecule has 0 aliphatic heterocycles. The zero-order valence-corrected chi connectivity index (χ0v) is 14.1. The fourth-order valence-corrected chi connectivity index (χ4v) is 2.57. The van der Waals surface area contributed by atoms with E-state index >= 15 is 0 Å². The van der Waals surface area contributed by atoms with Crippen molar-refractivity contribution in [1.82, 2.24) is 10.2 Å². The second-order valence-electron chi connectivity index (χ2n) is 5.53. The molecule has 120 valence electrons. The molecule has 4 nitrogen and oxygen atoms in total. The highest BCUT2D eigenvalue weighted by atomic mass is 16.5. The SMILES string of the molecule is CCCN(CCC)CCCC(C)(NCC)C(=O)OCC. The van der Waals surface area contributed by atoms with Crippen LogP contribution in [-0.2, 0) is 9.53 Å². The molecule has 0 aromatic rings. The highest BCUT2D eigenvalue weighted by Crippen LogP contribution is 2.15. The van der Waals surface area contributed by atoms with Crippen LogP contribution in [0.2, 0.25) is 0 Å². The van der Waals surface area contributed by atoms with Crippen LogP contribution in [0.5, 0.6) is 0 Å². The standard InChI is InChI=1S/C16H34N2O2/c1-6-12-18(13-7-2)14-10-11-16(5,17-8-3)15(19)20-9-4/h17H,6-14H2,1-5H3. The highest BCUT2D eigenvalue weighted by molar-refractivity contribution is 5.80. The number of hydrogen-bond donors (Lipinski definition) is 1. The first-order valence-corrected chi connectivity index (χ1v) is 8.18. The molecule has 0 spiro atoms. The van der Waals surface area contributed by atoms with E-state index in [1.54, 1.807) is 0 Å². The molecule has 0 aromatic carbocycles. The van der Waals surface area contributed by atoms with Gasteiger partial charge in [0.25, 0.3) is 0 Å². The molecule has 4 heteroatoms. The molecule has 0 aliphatic rings. The van der Waals surface area contributed by atoms with Gasteiger partial charge in [-0.2, -0.15) is 0 Å². The zero-order valence-electron chi connectivity index (χ0n) is 14.1. The summed E-state index contributed by atoms with van der Waals surface area (Å²) in [5.41, 5.74) is -0.547. The summed E-state index contributed by atoms with van der Waals surface area (Å²) in [6.45, 7) is 14.8. The van der Waals surface area contributed by atoms with Crippen molar-refractivity contribution in [2.45, 2.75) is 65.8 Å². The second kappa shape index (κ2) is 11.1. The minimum Gasteiger partial charge on any atom is -0.465 e. The van der Waals surface area contributed by atoms with Crippen LogP contribution in [0.15, 0.2) is 0 Å². The summed E-state index contributed by atoms with van der Waals surface area (Å²) in [4.78, 5) is 14.6. The van der Waals surface area contributed by atoms with Gasteiger partial charge in [0.05, 0.1) is 6.61 Å². The Labute approximate surface area is 125 Å². The van der Waals surface area contributed by atoms with Gasteiger partial charge < -0.3 is 15.0 Å². The summed E-state index contributed by atoms with van der Waals surface area (Å²) in [6, 6.07) is 0. The maximum atomic E-state index is 12.1. The maximum Gasteiger partial charge on any atom is 0.326 e. The summed E-state index contributed by atoms with van der Waals surface area (Å²) in [6.07, 6.45) is 4.20. The van der Waals surface area contributed by atoms with Crippen molar-refractivity contribution in [2.24, 2.45) is 0 Å². The lowest BCUT2D eigenvalue weighted by Crippen LogP contribution is -2.50. The fraction of sp³-hybridized carbons (Fsp3) is 0.938. The van der Waals surface area contributed by atoms with Gasteiger partial charge in [-0.05, 0) is 65.7 Å². The molecule has 1 atom stereocenters. The lowest BCUT2D eigenvalue weighted by molar-refractivity contribution is -0.150. The van der Waals surface area contributed by atoms with E-state index in [9.17, 15) is 4.79 Å². The zero-order chi connectivity index (χ0) is 15.4. The van der Waals surface area contributed by atoms with Crippen molar-refractivity contribution in [1.29, 1.82) is 0 Å². The normalized spacial score (nSPS) is 14.3. The van der Waals surface area contributed by atoms with E-state index in [2.05, 4.69) is 24.1 Å². The Balaban J connectivity index is 4.34. The van der Waals surface area contributed by atoms with Gasteiger partial charge in [-0.15, -0.1) is 0 Å². The van der Waals surface area contributed by atoms with Crippen LogP contribution in [-0.4, -0.2) is 49.2 Å². The quantitative estimate of drug-likeness (QED) is 0.560. The van der Waals surface area contributed by atoms with Crippen molar-refractivity contribution >= 4 is 5.97 Å². The molecule has 0 saturated carbocycles. The van der Waals surface area contributed by atoms with Gasteiger partial charge >= 0.3 is 5.97 Å². The molecule has 0 aliphatic carbocycles. The third-order valence-electron chi connectivity index (χ3n) is 3.52. The van der Waals surface area contributed by atoms with Gasteiger partial charge in [0.15, 0.2) is 0 Å². The summed E-state index contributed by atoms with van der Waals surface area (Å²) >= 11 is 0. The number of nitrogens with zero attached hydrogens (tertiary/aromatic N) is 1. The molecular formula is C16H34N2O2. The fourth-order valence-electron chi connectivity index (χ4n) is 2.57. The molecule has 20 heavy (non-hydrogen) atoms. The van der Waals surface area contributed by atoms with Gasteiger partial charge in [-0.3, -0.25) is 4.79 Å². The molecule has 1 N–H and O–H groups in total.